The summed E-state index contributed by atoms with van der Waals surface area (Å²) in [5.74, 6) is 0.255. The topological polar surface area (TPSA) is 37.4 Å². The SMILES string of the molecule is CCCC(=O)N(C)CCC(C)=O. The third kappa shape index (κ3) is 4.88. The summed E-state index contributed by atoms with van der Waals surface area (Å²) in [5.41, 5.74) is 0. The zero-order chi connectivity index (χ0) is 9.56. The zero-order valence-electron chi connectivity index (χ0n) is 8.09. The maximum Gasteiger partial charge on any atom is 0.222 e. The highest BCUT2D eigenvalue weighted by Gasteiger charge is 2.06. The van der Waals surface area contributed by atoms with E-state index in [1.807, 2.05) is 6.92 Å². The van der Waals surface area contributed by atoms with Crippen molar-refractivity contribution in [1.29, 1.82) is 0 Å². The average molecular weight is 171 g/mol. The molecule has 0 fully saturated rings. The van der Waals surface area contributed by atoms with E-state index in [-0.39, 0.29) is 11.7 Å². The van der Waals surface area contributed by atoms with Crippen LogP contribution in [0.1, 0.15) is 33.1 Å². The first-order chi connectivity index (χ1) is 5.57. The van der Waals surface area contributed by atoms with Gasteiger partial charge in [0.25, 0.3) is 0 Å². The van der Waals surface area contributed by atoms with Crippen LogP contribution in [0.4, 0.5) is 0 Å². The molecular weight excluding hydrogens is 154 g/mol. The van der Waals surface area contributed by atoms with Crippen molar-refractivity contribution in [3.05, 3.63) is 0 Å². The quantitative estimate of drug-likeness (QED) is 0.623. The van der Waals surface area contributed by atoms with Gasteiger partial charge in [-0.05, 0) is 13.3 Å². The van der Waals surface area contributed by atoms with Gasteiger partial charge in [0.2, 0.25) is 5.91 Å². The molecule has 0 aromatic heterocycles. The van der Waals surface area contributed by atoms with Crippen LogP contribution in [0.2, 0.25) is 0 Å². The van der Waals surface area contributed by atoms with Gasteiger partial charge >= 0.3 is 0 Å². The minimum atomic E-state index is 0.124. The Morgan fingerprint density at radius 1 is 1.25 bits per heavy atom. The fourth-order valence-electron chi connectivity index (χ4n) is 0.855. The summed E-state index contributed by atoms with van der Waals surface area (Å²) in [6.45, 7) is 4.06. The Balaban J connectivity index is 3.63. The second-order valence-electron chi connectivity index (χ2n) is 3.02. The zero-order valence-corrected chi connectivity index (χ0v) is 8.09. The van der Waals surface area contributed by atoms with Crippen LogP contribution in [0.15, 0.2) is 0 Å². The van der Waals surface area contributed by atoms with Crippen molar-refractivity contribution < 1.29 is 9.59 Å². The Labute approximate surface area is 73.7 Å². The summed E-state index contributed by atoms with van der Waals surface area (Å²) in [7, 11) is 1.74. The number of ketones is 1. The molecular formula is C9H17NO2. The molecule has 0 aromatic rings. The maximum atomic E-state index is 11.2. The van der Waals surface area contributed by atoms with Crippen LogP contribution in [0.3, 0.4) is 0 Å². The van der Waals surface area contributed by atoms with E-state index in [0.717, 1.165) is 6.42 Å². The highest BCUT2D eigenvalue weighted by molar-refractivity contribution is 5.78. The lowest BCUT2D eigenvalue weighted by atomic mass is 10.2. The summed E-state index contributed by atoms with van der Waals surface area (Å²) < 4.78 is 0. The Morgan fingerprint density at radius 2 is 1.83 bits per heavy atom. The predicted octanol–water partition coefficient (Wildman–Crippen LogP) is 1.22. The second kappa shape index (κ2) is 5.75. The van der Waals surface area contributed by atoms with Gasteiger partial charge in [0.15, 0.2) is 0 Å². The minimum absolute atomic E-state index is 0.124. The molecule has 1 amide bonds. The van der Waals surface area contributed by atoms with Crippen LogP contribution in [-0.4, -0.2) is 30.2 Å². The Hall–Kier alpha value is -0.860. The lowest BCUT2D eigenvalue weighted by molar-refractivity contribution is -0.130. The van der Waals surface area contributed by atoms with Crippen LogP contribution in [0, 0.1) is 0 Å². The molecule has 0 aromatic carbocycles. The molecule has 0 unspecified atom stereocenters. The van der Waals surface area contributed by atoms with Gasteiger partial charge in [-0.1, -0.05) is 6.92 Å². The number of rotatable bonds is 5. The van der Waals surface area contributed by atoms with Crippen LogP contribution < -0.4 is 0 Å². The number of carbonyl (C=O) groups excluding carboxylic acids is 2. The van der Waals surface area contributed by atoms with Gasteiger partial charge in [0, 0.05) is 26.4 Å². The fraction of sp³-hybridized carbons (Fsp3) is 0.778. The van der Waals surface area contributed by atoms with E-state index in [1.54, 1.807) is 11.9 Å². The molecule has 0 radical (unpaired) electrons. The molecule has 0 atom stereocenters. The van der Waals surface area contributed by atoms with Crippen molar-refractivity contribution in [3.8, 4) is 0 Å². The summed E-state index contributed by atoms with van der Waals surface area (Å²) >= 11 is 0. The molecule has 0 aliphatic rings. The highest BCUT2D eigenvalue weighted by Crippen LogP contribution is 1.96. The van der Waals surface area contributed by atoms with E-state index in [1.165, 1.54) is 6.92 Å². The Morgan fingerprint density at radius 3 is 2.25 bits per heavy atom. The molecule has 0 rings (SSSR count). The monoisotopic (exact) mass is 171 g/mol. The second-order valence-corrected chi connectivity index (χ2v) is 3.02. The molecule has 0 aliphatic heterocycles. The van der Waals surface area contributed by atoms with Crippen molar-refractivity contribution >= 4 is 11.7 Å². The van der Waals surface area contributed by atoms with Crippen molar-refractivity contribution in [2.24, 2.45) is 0 Å². The molecule has 0 saturated heterocycles. The van der Waals surface area contributed by atoms with E-state index in [2.05, 4.69) is 0 Å². The molecule has 0 bridgehead atoms. The first kappa shape index (κ1) is 11.1. The molecule has 3 heteroatoms. The normalized spacial score (nSPS) is 9.58. The number of Topliss-reactive ketones (excluding diaryl/α,β-unsaturated/α-hetero) is 1. The average Bonchev–Trinajstić information content (AvgIpc) is 2.00. The maximum absolute atomic E-state index is 11.2. The van der Waals surface area contributed by atoms with Gasteiger partial charge in [0.05, 0.1) is 0 Å². The van der Waals surface area contributed by atoms with Gasteiger partial charge in [-0.25, -0.2) is 0 Å². The van der Waals surface area contributed by atoms with Crippen molar-refractivity contribution in [2.75, 3.05) is 13.6 Å². The van der Waals surface area contributed by atoms with Crippen molar-refractivity contribution in [3.63, 3.8) is 0 Å². The van der Waals surface area contributed by atoms with Gasteiger partial charge < -0.3 is 4.90 Å². The van der Waals surface area contributed by atoms with E-state index in [4.69, 9.17) is 0 Å². The first-order valence-corrected chi connectivity index (χ1v) is 4.31. The van der Waals surface area contributed by atoms with E-state index >= 15 is 0 Å². The van der Waals surface area contributed by atoms with E-state index < -0.39 is 0 Å². The summed E-state index contributed by atoms with van der Waals surface area (Å²) in [4.78, 5) is 23.4. The molecule has 12 heavy (non-hydrogen) atoms. The van der Waals surface area contributed by atoms with E-state index in [9.17, 15) is 9.59 Å². The lowest BCUT2D eigenvalue weighted by Gasteiger charge is -2.15. The summed E-state index contributed by atoms with van der Waals surface area (Å²) in [6.07, 6.45) is 1.91. The smallest absolute Gasteiger partial charge is 0.222 e. The number of carbonyl (C=O) groups is 2. The fourth-order valence-corrected chi connectivity index (χ4v) is 0.855. The molecule has 3 nitrogen and oxygen atoms in total. The largest absolute Gasteiger partial charge is 0.345 e. The first-order valence-electron chi connectivity index (χ1n) is 4.31. The van der Waals surface area contributed by atoms with Crippen LogP contribution in [0.25, 0.3) is 0 Å². The molecule has 0 N–H and O–H groups in total. The molecule has 70 valence electrons. The van der Waals surface area contributed by atoms with Gasteiger partial charge in [-0.15, -0.1) is 0 Å². The standard InChI is InChI=1S/C9H17NO2/c1-4-5-9(12)10(3)7-6-8(2)11/h4-7H2,1-3H3. The lowest BCUT2D eigenvalue weighted by Crippen LogP contribution is -2.28. The highest BCUT2D eigenvalue weighted by atomic mass is 16.2. The predicted molar refractivity (Wildman–Crippen MR) is 47.8 cm³/mol. The van der Waals surface area contributed by atoms with Crippen LogP contribution >= 0.6 is 0 Å². The molecule has 0 spiro atoms. The number of hydrogen-bond acceptors (Lipinski definition) is 2. The molecule has 0 aliphatic carbocycles. The van der Waals surface area contributed by atoms with Crippen LogP contribution in [0.5, 0.6) is 0 Å². The van der Waals surface area contributed by atoms with Crippen LogP contribution in [-0.2, 0) is 9.59 Å². The third-order valence-electron chi connectivity index (χ3n) is 1.69. The van der Waals surface area contributed by atoms with Gasteiger partial charge in [-0.3, -0.25) is 9.59 Å². The Bertz CT molecular complexity index is 166. The minimum Gasteiger partial charge on any atom is -0.345 e. The number of hydrogen-bond donors (Lipinski definition) is 0. The number of amides is 1. The molecule has 0 saturated carbocycles. The number of nitrogens with zero attached hydrogens (tertiary/aromatic N) is 1. The van der Waals surface area contributed by atoms with Gasteiger partial charge in [0.1, 0.15) is 5.78 Å². The van der Waals surface area contributed by atoms with Crippen molar-refractivity contribution in [2.45, 2.75) is 33.1 Å². The molecule has 0 heterocycles. The summed E-state index contributed by atoms with van der Waals surface area (Å²) in [6, 6.07) is 0. The Kier molecular flexibility index (Phi) is 5.34. The van der Waals surface area contributed by atoms with Crippen molar-refractivity contribution in [1.82, 2.24) is 4.90 Å². The summed E-state index contributed by atoms with van der Waals surface area (Å²) in [5, 5.41) is 0. The van der Waals surface area contributed by atoms with Gasteiger partial charge in [-0.2, -0.15) is 0 Å². The third-order valence-corrected chi connectivity index (χ3v) is 1.69. The van der Waals surface area contributed by atoms with E-state index in [0.29, 0.717) is 19.4 Å².